The van der Waals surface area contributed by atoms with Gasteiger partial charge in [0.1, 0.15) is 12.4 Å². The molecule has 1 amide bonds. The molecule has 0 aromatic heterocycles. The minimum Gasteiger partial charge on any atom is -0.481 e. The van der Waals surface area contributed by atoms with Crippen molar-refractivity contribution in [2.75, 3.05) is 58.8 Å². The molecule has 0 aliphatic carbocycles. The summed E-state index contributed by atoms with van der Waals surface area (Å²) in [5.74, 6) is 0.196. The van der Waals surface area contributed by atoms with Crippen molar-refractivity contribution in [3.63, 3.8) is 0 Å². The molecule has 9 heteroatoms. The smallest absolute Gasteiger partial charge is 0.246 e. The van der Waals surface area contributed by atoms with Crippen LogP contribution in [0.1, 0.15) is 38.2 Å². The van der Waals surface area contributed by atoms with Crippen LogP contribution < -0.4 is 4.90 Å². The molecule has 0 bridgehead atoms. The maximum atomic E-state index is 12.5. The number of amidine groups is 1. The van der Waals surface area contributed by atoms with Crippen molar-refractivity contribution in [2.45, 2.75) is 51.6 Å². The number of likely N-dealkylation sites (tertiary alicyclic amines) is 1. The Morgan fingerprint density at radius 2 is 2.02 bits per heavy atom. The molecule has 2 aromatic rings. The van der Waals surface area contributed by atoms with Gasteiger partial charge in [-0.05, 0) is 69.8 Å². The Kier molecular flexibility index (Phi) is 11.0. The number of benzene rings is 2. The van der Waals surface area contributed by atoms with E-state index in [1.165, 1.54) is 28.8 Å². The number of nitriles is 1. The molecular formula is C34H45N7O2. The highest BCUT2D eigenvalue weighted by atomic mass is 16.5. The van der Waals surface area contributed by atoms with Gasteiger partial charge in [0.05, 0.1) is 30.8 Å². The fourth-order valence-electron chi connectivity index (χ4n) is 6.05. The minimum atomic E-state index is -0.350. The standard InChI is InChI=1S/C34H45N7O2/c1-6-10-32(42)40(5)27(16-18-35)21-39(4)34(36)29-17-20-41(31-15-8-13-26-12-7-11-25(2)33(26)31)22-30(29)37-24-43-23-28-14-9-19-38(28)3/h6-8,10-13,15,24,27-28,36H,9,14,16-17,19-23H2,1-5H3/b10-6+,36-34?,37-24+/t27-,28-/m0/s1. The van der Waals surface area contributed by atoms with Gasteiger partial charge in [-0.3, -0.25) is 10.2 Å². The van der Waals surface area contributed by atoms with Crippen molar-refractivity contribution in [1.29, 1.82) is 10.7 Å². The molecule has 2 aromatic carbocycles. The zero-order valence-corrected chi connectivity index (χ0v) is 26.2. The molecule has 1 N–H and O–H groups in total. The van der Waals surface area contributed by atoms with Gasteiger partial charge in [0.25, 0.3) is 0 Å². The Morgan fingerprint density at radius 1 is 1.26 bits per heavy atom. The zero-order valence-electron chi connectivity index (χ0n) is 26.2. The van der Waals surface area contributed by atoms with Crippen LogP contribution in [0.3, 0.4) is 0 Å². The summed E-state index contributed by atoms with van der Waals surface area (Å²) in [4.78, 5) is 25.4. The molecule has 0 spiro atoms. The molecular weight excluding hydrogens is 538 g/mol. The van der Waals surface area contributed by atoms with E-state index in [1.807, 2.05) is 11.9 Å². The first-order chi connectivity index (χ1) is 20.7. The van der Waals surface area contributed by atoms with Gasteiger partial charge in [0, 0.05) is 49.9 Å². The average molecular weight is 584 g/mol. The third-order valence-electron chi connectivity index (χ3n) is 8.68. The lowest BCUT2D eigenvalue weighted by Gasteiger charge is -2.35. The number of carbonyl (C=O) groups excluding carboxylic acids is 1. The van der Waals surface area contributed by atoms with E-state index >= 15 is 0 Å². The van der Waals surface area contributed by atoms with Gasteiger partial charge in [-0.1, -0.05) is 36.4 Å². The second kappa shape index (κ2) is 14.8. The van der Waals surface area contributed by atoms with Gasteiger partial charge in [0.2, 0.25) is 5.91 Å². The molecule has 1 fully saturated rings. The first kappa shape index (κ1) is 31.8. The molecule has 2 atom stereocenters. The number of fused-ring (bicyclic) bond motifs is 1. The molecule has 4 rings (SSSR count). The second-order valence-corrected chi connectivity index (χ2v) is 11.6. The highest BCUT2D eigenvalue weighted by molar-refractivity contribution is 5.99. The molecule has 2 aliphatic rings. The van der Waals surface area contributed by atoms with E-state index in [0.717, 1.165) is 36.5 Å². The van der Waals surface area contributed by atoms with Crippen molar-refractivity contribution in [1.82, 2.24) is 14.7 Å². The van der Waals surface area contributed by atoms with Gasteiger partial charge >= 0.3 is 0 Å². The lowest BCUT2D eigenvalue weighted by atomic mass is 9.99. The van der Waals surface area contributed by atoms with Crippen molar-refractivity contribution in [3.8, 4) is 6.07 Å². The summed E-state index contributed by atoms with van der Waals surface area (Å²) < 4.78 is 5.93. The Bertz CT molecular complexity index is 1430. The number of carbonyl (C=O) groups is 1. The molecule has 2 aliphatic heterocycles. The van der Waals surface area contributed by atoms with E-state index in [-0.39, 0.29) is 18.4 Å². The molecule has 0 saturated carbocycles. The fourth-order valence-corrected chi connectivity index (χ4v) is 6.05. The molecule has 1 saturated heterocycles. The first-order valence-electron chi connectivity index (χ1n) is 15.1. The Labute approximate surface area is 256 Å². The number of nitrogens with zero attached hydrogens (tertiary/aromatic N) is 6. The quantitative estimate of drug-likeness (QED) is 0.228. The molecule has 9 nitrogen and oxygen atoms in total. The number of likely N-dealkylation sites (N-methyl/N-ethyl adjacent to an activating group) is 3. The van der Waals surface area contributed by atoms with Crippen LogP contribution in [0.5, 0.6) is 0 Å². The Balaban J connectivity index is 1.60. The fraction of sp³-hybridized carbons (Fsp3) is 0.471. The van der Waals surface area contributed by atoms with Crippen LogP contribution in [0.25, 0.3) is 10.8 Å². The van der Waals surface area contributed by atoms with E-state index < -0.39 is 0 Å². The summed E-state index contributed by atoms with van der Waals surface area (Å²) in [6.45, 7) is 7.27. The van der Waals surface area contributed by atoms with E-state index in [0.29, 0.717) is 38.0 Å². The average Bonchev–Trinajstić information content (AvgIpc) is 3.42. The molecule has 0 radical (unpaired) electrons. The predicted molar refractivity (Wildman–Crippen MR) is 175 cm³/mol. The highest BCUT2D eigenvalue weighted by Crippen LogP contribution is 2.33. The largest absolute Gasteiger partial charge is 0.481 e. The third kappa shape index (κ3) is 7.63. The Morgan fingerprint density at radius 3 is 2.72 bits per heavy atom. The highest BCUT2D eigenvalue weighted by Gasteiger charge is 2.27. The van der Waals surface area contributed by atoms with Gasteiger partial charge in [0.15, 0.2) is 6.40 Å². The SMILES string of the molecule is C/C=C/C(=O)N(C)[C@@H](CC#N)CN(C)C(=N)C1=C(/N=C/OC[C@@H]2CCCN2C)CN(c2cccc3cccc(C)c23)CC1. The predicted octanol–water partition coefficient (Wildman–Crippen LogP) is 4.98. The lowest BCUT2D eigenvalue weighted by Crippen LogP contribution is -2.46. The van der Waals surface area contributed by atoms with E-state index in [4.69, 9.17) is 9.73 Å². The maximum Gasteiger partial charge on any atom is 0.246 e. The van der Waals surface area contributed by atoms with Crippen molar-refractivity contribution in [3.05, 3.63) is 65.4 Å². The van der Waals surface area contributed by atoms with E-state index in [1.54, 1.807) is 31.3 Å². The number of aliphatic imine (C=N–C) groups is 1. The minimum absolute atomic E-state index is 0.157. The number of anilines is 1. The molecule has 43 heavy (non-hydrogen) atoms. The number of hydrogen-bond acceptors (Lipinski definition) is 7. The van der Waals surface area contributed by atoms with Crippen LogP contribution in [0.15, 0.2) is 64.8 Å². The maximum absolute atomic E-state index is 12.5. The van der Waals surface area contributed by atoms with Crippen LogP contribution in [-0.2, 0) is 9.53 Å². The zero-order chi connectivity index (χ0) is 30.9. The summed E-state index contributed by atoms with van der Waals surface area (Å²) in [6.07, 6.45) is 7.87. The summed E-state index contributed by atoms with van der Waals surface area (Å²) in [6, 6.07) is 15.0. The van der Waals surface area contributed by atoms with Crippen LogP contribution in [0.2, 0.25) is 0 Å². The normalized spacial score (nSPS) is 18.4. The lowest BCUT2D eigenvalue weighted by molar-refractivity contribution is -0.126. The Hall–Kier alpha value is -4.16. The molecule has 2 heterocycles. The van der Waals surface area contributed by atoms with Crippen LogP contribution in [-0.4, -0.2) is 98.9 Å². The number of rotatable bonds is 11. The first-order valence-corrected chi connectivity index (χ1v) is 15.1. The van der Waals surface area contributed by atoms with Crippen LogP contribution >= 0.6 is 0 Å². The number of aryl methyl sites for hydroxylation is 1. The summed E-state index contributed by atoms with van der Waals surface area (Å²) >= 11 is 0. The molecule has 228 valence electrons. The number of nitrogens with one attached hydrogen (secondary N) is 1. The van der Waals surface area contributed by atoms with E-state index in [9.17, 15) is 15.5 Å². The number of amides is 1. The second-order valence-electron chi connectivity index (χ2n) is 11.6. The van der Waals surface area contributed by atoms with Gasteiger partial charge in [-0.15, -0.1) is 0 Å². The third-order valence-corrected chi connectivity index (χ3v) is 8.68. The summed E-state index contributed by atoms with van der Waals surface area (Å²) in [5.41, 5.74) is 4.04. The monoisotopic (exact) mass is 583 g/mol. The van der Waals surface area contributed by atoms with Gasteiger partial charge in [-0.25, -0.2) is 4.99 Å². The van der Waals surface area contributed by atoms with Crippen molar-refractivity contribution < 1.29 is 9.53 Å². The number of ether oxygens (including phenoxy) is 1. The number of allylic oxidation sites excluding steroid dienone is 1. The van der Waals surface area contributed by atoms with Crippen molar-refractivity contribution >= 4 is 34.6 Å². The van der Waals surface area contributed by atoms with Gasteiger partial charge in [-0.2, -0.15) is 5.26 Å². The van der Waals surface area contributed by atoms with E-state index in [2.05, 4.69) is 66.2 Å². The van der Waals surface area contributed by atoms with Crippen molar-refractivity contribution in [2.24, 2.45) is 4.99 Å². The van der Waals surface area contributed by atoms with Crippen LogP contribution in [0, 0.1) is 23.7 Å². The molecule has 0 unspecified atom stereocenters. The summed E-state index contributed by atoms with van der Waals surface area (Å²) in [7, 11) is 5.69. The van der Waals surface area contributed by atoms with Crippen LogP contribution in [0.4, 0.5) is 5.69 Å². The van der Waals surface area contributed by atoms with Gasteiger partial charge < -0.3 is 24.3 Å². The topological polar surface area (TPSA) is 99.3 Å². The number of hydrogen-bond donors (Lipinski definition) is 1. The summed E-state index contributed by atoms with van der Waals surface area (Å²) in [5, 5.41) is 21.1.